The quantitative estimate of drug-likeness (QED) is 0.691. The van der Waals surface area contributed by atoms with Gasteiger partial charge in [-0.05, 0) is 6.92 Å². The summed E-state index contributed by atoms with van der Waals surface area (Å²) in [6.07, 6.45) is -2.24. The largest absolute Gasteiger partial charge is 0.376 e. The van der Waals surface area contributed by atoms with Gasteiger partial charge in [-0.3, -0.25) is 0 Å². The summed E-state index contributed by atoms with van der Waals surface area (Å²) < 4.78 is 20.9. The molecule has 5 atom stereocenters. The highest BCUT2D eigenvalue weighted by Gasteiger charge is 2.44. The Balaban J connectivity index is 2.76. The Bertz CT molecular complexity index is 159. The normalized spacial score (nSPS) is 43.9. The van der Waals surface area contributed by atoms with Crippen molar-refractivity contribution in [3.63, 3.8) is 0 Å². The Hall–Kier alpha value is -0.200. The van der Waals surface area contributed by atoms with Crippen LogP contribution in [0.2, 0.25) is 0 Å². The molecule has 1 rings (SSSR count). The standard InChI is InChI=1S/C9H18O5/c1-5-6(11-2)7(12-3)8(13-4)9(10)14-5/h5-10H,1-4H3/t5-,6-,7+,8+,9+/m1/s1. The van der Waals surface area contributed by atoms with Crippen molar-refractivity contribution >= 4 is 0 Å². The lowest BCUT2D eigenvalue weighted by Gasteiger charge is -2.41. The molecule has 0 amide bonds. The Kier molecular flexibility index (Phi) is 4.28. The van der Waals surface area contributed by atoms with E-state index in [9.17, 15) is 5.11 Å². The first-order chi connectivity index (χ1) is 6.65. The number of ether oxygens (including phenoxy) is 4. The van der Waals surface area contributed by atoms with Crippen molar-refractivity contribution in [3.8, 4) is 0 Å². The van der Waals surface area contributed by atoms with Crippen LogP contribution >= 0.6 is 0 Å². The zero-order chi connectivity index (χ0) is 10.7. The van der Waals surface area contributed by atoms with Crippen LogP contribution in [-0.2, 0) is 18.9 Å². The van der Waals surface area contributed by atoms with Gasteiger partial charge in [0.15, 0.2) is 6.29 Å². The molecule has 0 spiro atoms. The van der Waals surface area contributed by atoms with Gasteiger partial charge in [-0.15, -0.1) is 0 Å². The lowest BCUT2D eigenvalue weighted by atomic mass is 9.99. The number of aliphatic hydroxyl groups is 1. The third kappa shape index (κ3) is 2.07. The maximum atomic E-state index is 9.57. The molecule has 0 unspecified atom stereocenters. The highest BCUT2D eigenvalue weighted by molar-refractivity contribution is 4.89. The monoisotopic (exact) mass is 206 g/mol. The summed E-state index contributed by atoms with van der Waals surface area (Å²) in [6.45, 7) is 1.83. The van der Waals surface area contributed by atoms with Crippen molar-refractivity contribution in [3.05, 3.63) is 0 Å². The van der Waals surface area contributed by atoms with Crippen LogP contribution in [-0.4, -0.2) is 57.1 Å². The minimum absolute atomic E-state index is 0.216. The first-order valence-electron chi connectivity index (χ1n) is 4.57. The van der Waals surface area contributed by atoms with Crippen molar-refractivity contribution in [1.82, 2.24) is 0 Å². The zero-order valence-electron chi connectivity index (χ0n) is 8.97. The number of hydrogen-bond acceptors (Lipinski definition) is 5. The summed E-state index contributed by atoms with van der Waals surface area (Å²) in [7, 11) is 4.65. The molecule has 0 aromatic heterocycles. The third-order valence-corrected chi connectivity index (χ3v) is 2.56. The molecule has 1 heterocycles. The molecule has 5 nitrogen and oxygen atoms in total. The Labute approximate surface area is 83.9 Å². The Morgan fingerprint density at radius 2 is 1.43 bits per heavy atom. The van der Waals surface area contributed by atoms with E-state index in [4.69, 9.17) is 18.9 Å². The zero-order valence-corrected chi connectivity index (χ0v) is 8.97. The maximum absolute atomic E-state index is 9.57. The molecule has 14 heavy (non-hydrogen) atoms. The summed E-state index contributed by atoms with van der Waals surface area (Å²) in [6, 6.07) is 0. The van der Waals surface area contributed by atoms with Crippen LogP contribution < -0.4 is 0 Å². The molecule has 1 N–H and O–H groups in total. The van der Waals surface area contributed by atoms with E-state index in [0.717, 1.165) is 0 Å². The lowest BCUT2D eigenvalue weighted by Crippen LogP contribution is -2.58. The summed E-state index contributed by atoms with van der Waals surface area (Å²) in [5.41, 5.74) is 0. The first kappa shape index (κ1) is 11.9. The van der Waals surface area contributed by atoms with E-state index >= 15 is 0 Å². The predicted octanol–water partition coefficient (Wildman–Crippen LogP) is -0.232. The van der Waals surface area contributed by atoms with Crippen LogP contribution in [0.3, 0.4) is 0 Å². The highest BCUT2D eigenvalue weighted by Crippen LogP contribution is 2.25. The second-order valence-electron chi connectivity index (χ2n) is 3.33. The SMILES string of the molecule is CO[C@H]1[C@H](OC)[C@@H](C)O[C@H](O)[C@H]1OC. The van der Waals surface area contributed by atoms with Crippen LogP contribution in [0.1, 0.15) is 6.92 Å². The topological polar surface area (TPSA) is 57.2 Å². The van der Waals surface area contributed by atoms with Gasteiger partial charge < -0.3 is 24.1 Å². The van der Waals surface area contributed by atoms with Crippen molar-refractivity contribution in [2.75, 3.05) is 21.3 Å². The third-order valence-electron chi connectivity index (χ3n) is 2.56. The molecule has 1 fully saturated rings. The molecule has 0 radical (unpaired) electrons. The van der Waals surface area contributed by atoms with Crippen LogP contribution in [0.4, 0.5) is 0 Å². The molecule has 5 heteroatoms. The van der Waals surface area contributed by atoms with Crippen LogP contribution in [0.15, 0.2) is 0 Å². The molecule has 1 aliphatic heterocycles. The van der Waals surface area contributed by atoms with Gasteiger partial charge >= 0.3 is 0 Å². The highest BCUT2D eigenvalue weighted by atomic mass is 16.7. The van der Waals surface area contributed by atoms with Crippen LogP contribution in [0, 0.1) is 0 Å². The van der Waals surface area contributed by atoms with Crippen molar-refractivity contribution in [2.45, 2.75) is 37.6 Å². The van der Waals surface area contributed by atoms with E-state index in [1.54, 1.807) is 14.2 Å². The molecular weight excluding hydrogens is 188 g/mol. The molecule has 0 aliphatic carbocycles. The lowest BCUT2D eigenvalue weighted by molar-refractivity contribution is -0.291. The fourth-order valence-corrected chi connectivity index (χ4v) is 1.84. The van der Waals surface area contributed by atoms with Gasteiger partial charge in [-0.2, -0.15) is 0 Å². The van der Waals surface area contributed by atoms with E-state index in [2.05, 4.69) is 0 Å². The van der Waals surface area contributed by atoms with Crippen molar-refractivity contribution < 1.29 is 24.1 Å². The van der Waals surface area contributed by atoms with Gasteiger partial charge in [-0.25, -0.2) is 0 Å². The molecule has 0 aromatic rings. The molecule has 84 valence electrons. The van der Waals surface area contributed by atoms with E-state index in [1.807, 2.05) is 6.92 Å². The second-order valence-corrected chi connectivity index (χ2v) is 3.33. The number of methoxy groups -OCH3 is 3. The van der Waals surface area contributed by atoms with E-state index in [0.29, 0.717) is 0 Å². The van der Waals surface area contributed by atoms with E-state index < -0.39 is 12.4 Å². The number of rotatable bonds is 3. The van der Waals surface area contributed by atoms with Gasteiger partial charge in [-0.1, -0.05) is 0 Å². The molecule has 1 aliphatic rings. The van der Waals surface area contributed by atoms with Crippen molar-refractivity contribution in [2.24, 2.45) is 0 Å². The van der Waals surface area contributed by atoms with E-state index in [-0.39, 0.29) is 18.3 Å². The van der Waals surface area contributed by atoms with Gasteiger partial charge in [0.25, 0.3) is 0 Å². The molecular formula is C9H18O5. The minimum atomic E-state index is -0.966. The summed E-state index contributed by atoms with van der Waals surface area (Å²) in [5, 5.41) is 9.57. The van der Waals surface area contributed by atoms with Crippen LogP contribution in [0.25, 0.3) is 0 Å². The second kappa shape index (κ2) is 5.04. The maximum Gasteiger partial charge on any atom is 0.184 e. The molecule has 0 bridgehead atoms. The van der Waals surface area contributed by atoms with Gasteiger partial charge in [0.2, 0.25) is 0 Å². The summed E-state index contributed by atoms with van der Waals surface area (Å²) in [4.78, 5) is 0. The molecule has 0 saturated carbocycles. The van der Waals surface area contributed by atoms with E-state index in [1.165, 1.54) is 7.11 Å². The summed E-state index contributed by atoms with van der Waals surface area (Å²) >= 11 is 0. The fraction of sp³-hybridized carbons (Fsp3) is 1.00. The van der Waals surface area contributed by atoms with Gasteiger partial charge in [0.05, 0.1) is 6.10 Å². The van der Waals surface area contributed by atoms with Crippen molar-refractivity contribution in [1.29, 1.82) is 0 Å². The fourth-order valence-electron chi connectivity index (χ4n) is 1.84. The Morgan fingerprint density at radius 3 is 1.86 bits per heavy atom. The van der Waals surface area contributed by atoms with Gasteiger partial charge in [0.1, 0.15) is 18.3 Å². The minimum Gasteiger partial charge on any atom is -0.376 e. The first-order valence-corrected chi connectivity index (χ1v) is 4.57. The molecule has 0 aromatic carbocycles. The number of hydrogen-bond donors (Lipinski definition) is 1. The average Bonchev–Trinajstić information content (AvgIpc) is 2.16. The number of aliphatic hydroxyl groups excluding tert-OH is 1. The average molecular weight is 206 g/mol. The smallest absolute Gasteiger partial charge is 0.184 e. The van der Waals surface area contributed by atoms with Gasteiger partial charge in [0, 0.05) is 21.3 Å². The summed E-state index contributed by atoms with van der Waals surface area (Å²) in [5.74, 6) is 0. The predicted molar refractivity (Wildman–Crippen MR) is 48.9 cm³/mol. The Morgan fingerprint density at radius 1 is 0.929 bits per heavy atom. The van der Waals surface area contributed by atoms with Crippen LogP contribution in [0.5, 0.6) is 0 Å². The molecule has 1 saturated heterocycles.